The van der Waals surface area contributed by atoms with Gasteiger partial charge in [0.1, 0.15) is 12.1 Å². The highest BCUT2D eigenvalue weighted by Crippen LogP contribution is 2.24. The SMILES string of the molecule is Cc1cccc(C)c1NN=Cc1ccc(-c2ncn(-c3ccc(OC(F)(F)F)cc3)n2)cc1. The van der Waals surface area contributed by atoms with Crippen LogP contribution in [0.4, 0.5) is 18.9 Å². The summed E-state index contributed by atoms with van der Waals surface area (Å²) in [5.41, 5.74) is 8.56. The molecule has 1 aromatic heterocycles. The Bertz CT molecular complexity index is 1240. The third kappa shape index (κ3) is 5.57. The molecule has 9 heteroatoms. The summed E-state index contributed by atoms with van der Waals surface area (Å²) < 4.78 is 42.3. The maximum Gasteiger partial charge on any atom is 0.573 e. The van der Waals surface area contributed by atoms with Gasteiger partial charge in [-0.1, -0.05) is 42.5 Å². The summed E-state index contributed by atoms with van der Waals surface area (Å²) in [4.78, 5) is 4.29. The summed E-state index contributed by atoms with van der Waals surface area (Å²) in [6.07, 6.45) is -1.50. The summed E-state index contributed by atoms with van der Waals surface area (Å²) in [7, 11) is 0. The molecule has 4 rings (SSSR count). The molecule has 0 bridgehead atoms. The van der Waals surface area contributed by atoms with Crippen LogP contribution < -0.4 is 10.2 Å². The van der Waals surface area contributed by atoms with Gasteiger partial charge in [0, 0.05) is 5.56 Å². The van der Waals surface area contributed by atoms with Gasteiger partial charge in [-0.2, -0.15) is 5.10 Å². The van der Waals surface area contributed by atoms with Gasteiger partial charge in [0.05, 0.1) is 17.6 Å². The highest BCUT2D eigenvalue weighted by atomic mass is 19.4. The molecular weight excluding hydrogens is 431 g/mol. The Hall–Kier alpha value is -4.14. The van der Waals surface area contributed by atoms with Crippen LogP contribution in [0.5, 0.6) is 5.75 Å². The van der Waals surface area contributed by atoms with E-state index in [-0.39, 0.29) is 5.75 Å². The van der Waals surface area contributed by atoms with Gasteiger partial charge < -0.3 is 4.74 Å². The van der Waals surface area contributed by atoms with Crippen molar-refractivity contribution in [1.29, 1.82) is 0 Å². The molecule has 168 valence electrons. The molecule has 1 N–H and O–H groups in total. The maximum atomic E-state index is 12.3. The topological polar surface area (TPSA) is 64.3 Å². The minimum absolute atomic E-state index is 0.295. The number of ether oxygens (including phenoxy) is 1. The first kappa shape index (κ1) is 22.1. The Morgan fingerprint density at radius 1 is 0.939 bits per heavy atom. The zero-order valence-electron chi connectivity index (χ0n) is 17.8. The standard InChI is InChI=1S/C24H20F3N5O/c1-16-4-3-5-17(2)22(16)30-29-14-18-6-8-19(9-7-18)23-28-15-32(31-23)20-10-12-21(13-11-20)33-24(25,26)27/h3-15,30H,1-2H3. The Balaban J connectivity index is 1.42. The highest BCUT2D eigenvalue weighted by molar-refractivity contribution is 5.81. The number of benzene rings is 3. The van der Waals surface area contributed by atoms with Crippen molar-refractivity contribution in [3.63, 3.8) is 0 Å². The molecule has 0 saturated heterocycles. The predicted octanol–water partition coefficient (Wildman–Crippen LogP) is 5.90. The lowest BCUT2D eigenvalue weighted by Crippen LogP contribution is -2.17. The lowest BCUT2D eigenvalue weighted by atomic mass is 10.1. The van der Waals surface area contributed by atoms with Gasteiger partial charge in [-0.05, 0) is 54.8 Å². The monoisotopic (exact) mass is 451 g/mol. The summed E-state index contributed by atoms with van der Waals surface area (Å²) in [6, 6.07) is 19.0. The highest BCUT2D eigenvalue weighted by Gasteiger charge is 2.31. The van der Waals surface area contributed by atoms with Crippen LogP contribution in [0, 0.1) is 13.8 Å². The van der Waals surface area contributed by atoms with E-state index >= 15 is 0 Å². The fourth-order valence-electron chi connectivity index (χ4n) is 3.20. The Morgan fingerprint density at radius 3 is 2.24 bits per heavy atom. The van der Waals surface area contributed by atoms with Crippen molar-refractivity contribution in [3.8, 4) is 22.8 Å². The number of nitrogens with one attached hydrogen (secondary N) is 1. The average molecular weight is 451 g/mol. The van der Waals surface area contributed by atoms with Gasteiger partial charge in [0.2, 0.25) is 0 Å². The first-order chi connectivity index (χ1) is 15.8. The number of hydrogen-bond donors (Lipinski definition) is 1. The average Bonchev–Trinajstić information content (AvgIpc) is 3.26. The lowest BCUT2D eigenvalue weighted by molar-refractivity contribution is -0.274. The van der Waals surface area contributed by atoms with Crippen molar-refractivity contribution in [3.05, 3.63) is 89.7 Å². The Labute approximate surface area is 188 Å². The third-order valence-electron chi connectivity index (χ3n) is 4.87. The molecule has 33 heavy (non-hydrogen) atoms. The van der Waals surface area contributed by atoms with E-state index in [0.717, 1.165) is 27.9 Å². The molecule has 0 aliphatic carbocycles. The van der Waals surface area contributed by atoms with Crippen LogP contribution in [0.25, 0.3) is 17.1 Å². The minimum atomic E-state index is -4.73. The van der Waals surface area contributed by atoms with Gasteiger partial charge in [-0.15, -0.1) is 18.3 Å². The normalized spacial score (nSPS) is 11.7. The second kappa shape index (κ2) is 9.15. The summed E-state index contributed by atoms with van der Waals surface area (Å²) in [6.45, 7) is 4.05. The van der Waals surface area contributed by atoms with Crippen molar-refractivity contribution in [2.45, 2.75) is 20.2 Å². The largest absolute Gasteiger partial charge is 0.573 e. The van der Waals surface area contributed by atoms with Crippen LogP contribution in [0.2, 0.25) is 0 Å². The van der Waals surface area contributed by atoms with Gasteiger partial charge in [0.25, 0.3) is 0 Å². The molecule has 0 aliphatic heterocycles. The van der Waals surface area contributed by atoms with Crippen molar-refractivity contribution >= 4 is 11.9 Å². The van der Waals surface area contributed by atoms with E-state index in [0.29, 0.717) is 11.5 Å². The quantitative estimate of drug-likeness (QED) is 0.293. The van der Waals surface area contributed by atoms with E-state index < -0.39 is 6.36 Å². The molecule has 3 aromatic carbocycles. The number of hydrazone groups is 1. The minimum Gasteiger partial charge on any atom is -0.406 e. The van der Waals surface area contributed by atoms with Gasteiger partial charge >= 0.3 is 6.36 Å². The molecule has 0 saturated carbocycles. The number of alkyl halides is 3. The molecule has 0 spiro atoms. The Kier molecular flexibility index (Phi) is 6.12. The molecule has 4 aromatic rings. The van der Waals surface area contributed by atoms with Crippen LogP contribution in [0.3, 0.4) is 0 Å². The van der Waals surface area contributed by atoms with Crippen LogP contribution >= 0.6 is 0 Å². The molecule has 0 fully saturated rings. The smallest absolute Gasteiger partial charge is 0.406 e. The second-order valence-electron chi connectivity index (χ2n) is 7.31. The van der Waals surface area contributed by atoms with Crippen LogP contribution in [0.1, 0.15) is 16.7 Å². The zero-order chi connectivity index (χ0) is 23.4. The van der Waals surface area contributed by atoms with E-state index in [1.807, 2.05) is 56.3 Å². The van der Waals surface area contributed by atoms with Crippen molar-refractivity contribution in [2.24, 2.45) is 5.10 Å². The number of anilines is 1. The number of aromatic nitrogens is 3. The van der Waals surface area contributed by atoms with Crippen molar-refractivity contribution in [2.75, 3.05) is 5.43 Å². The fourth-order valence-corrected chi connectivity index (χ4v) is 3.20. The first-order valence-corrected chi connectivity index (χ1v) is 10.0. The number of hydrogen-bond acceptors (Lipinski definition) is 5. The van der Waals surface area contributed by atoms with E-state index in [1.54, 1.807) is 6.21 Å². The van der Waals surface area contributed by atoms with Gasteiger partial charge in [-0.3, -0.25) is 5.43 Å². The van der Waals surface area contributed by atoms with Crippen molar-refractivity contribution in [1.82, 2.24) is 14.8 Å². The van der Waals surface area contributed by atoms with E-state index in [4.69, 9.17) is 0 Å². The number of halogens is 3. The number of para-hydroxylation sites is 1. The predicted molar refractivity (Wildman–Crippen MR) is 121 cm³/mol. The molecule has 0 aliphatic rings. The summed E-state index contributed by atoms with van der Waals surface area (Å²) in [5.74, 6) is 0.193. The van der Waals surface area contributed by atoms with Crippen LogP contribution in [-0.4, -0.2) is 27.3 Å². The van der Waals surface area contributed by atoms with E-state index in [9.17, 15) is 13.2 Å². The maximum absolute atomic E-state index is 12.3. The van der Waals surface area contributed by atoms with Crippen LogP contribution in [0.15, 0.2) is 78.2 Å². The number of rotatable bonds is 6. The van der Waals surface area contributed by atoms with Gasteiger partial charge in [0.15, 0.2) is 5.82 Å². The zero-order valence-corrected chi connectivity index (χ0v) is 17.8. The number of aryl methyl sites for hydroxylation is 2. The fraction of sp³-hybridized carbons (Fsp3) is 0.125. The molecule has 6 nitrogen and oxygen atoms in total. The third-order valence-corrected chi connectivity index (χ3v) is 4.87. The molecule has 0 unspecified atom stereocenters. The molecule has 0 atom stereocenters. The molecule has 0 amide bonds. The summed E-state index contributed by atoms with van der Waals surface area (Å²) >= 11 is 0. The van der Waals surface area contributed by atoms with E-state index in [1.165, 1.54) is 35.3 Å². The van der Waals surface area contributed by atoms with E-state index in [2.05, 4.69) is 25.3 Å². The Morgan fingerprint density at radius 2 is 1.61 bits per heavy atom. The van der Waals surface area contributed by atoms with Crippen LogP contribution in [-0.2, 0) is 0 Å². The first-order valence-electron chi connectivity index (χ1n) is 10.0. The second-order valence-corrected chi connectivity index (χ2v) is 7.31. The summed E-state index contributed by atoms with van der Waals surface area (Å²) in [5, 5.41) is 8.72. The molecule has 1 heterocycles. The number of nitrogens with zero attached hydrogens (tertiary/aromatic N) is 4. The molecule has 0 radical (unpaired) electrons. The van der Waals surface area contributed by atoms with Crippen molar-refractivity contribution < 1.29 is 17.9 Å². The van der Waals surface area contributed by atoms with Gasteiger partial charge in [-0.25, -0.2) is 9.67 Å². The lowest BCUT2D eigenvalue weighted by Gasteiger charge is -2.09. The molecular formula is C24H20F3N5O.